The van der Waals surface area contributed by atoms with Crippen molar-refractivity contribution in [3.63, 3.8) is 0 Å². The molecule has 0 saturated heterocycles. The summed E-state index contributed by atoms with van der Waals surface area (Å²) in [5.41, 5.74) is 1.55. The number of aryl methyl sites for hydroxylation is 1. The van der Waals surface area contributed by atoms with E-state index in [9.17, 15) is 18.0 Å². The third-order valence-corrected chi connectivity index (χ3v) is 4.57. The Labute approximate surface area is 174 Å². The molecule has 0 aliphatic heterocycles. The maximum absolute atomic E-state index is 13.0. The number of halogens is 3. The van der Waals surface area contributed by atoms with E-state index in [-0.39, 0.29) is 30.2 Å². The smallest absolute Gasteiger partial charge is 0.416 e. The molecule has 4 rings (SSSR count). The lowest BCUT2D eigenvalue weighted by molar-refractivity contribution is -0.138. The van der Waals surface area contributed by atoms with E-state index < -0.39 is 17.5 Å². The monoisotopic (exact) mass is 427 g/mol. The average molecular weight is 427 g/mol. The predicted octanol–water partition coefficient (Wildman–Crippen LogP) is 3.70. The molecule has 4 aromatic heterocycles. The van der Waals surface area contributed by atoms with Crippen LogP contribution in [0, 0.1) is 6.92 Å². The largest absolute Gasteiger partial charge is 0.470 e. The molecule has 0 atom stereocenters. The van der Waals surface area contributed by atoms with Gasteiger partial charge in [0.05, 0.1) is 30.1 Å². The lowest BCUT2D eigenvalue weighted by atomic mass is 10.1. The van der Waals surface area contributed by atoms with Gasteiger partial charge in [0.15, 0.2) is 11.4 Å². The average Bonchev–Trinajstić information content (AvgIpc) is 3.17. The van der Waals surface area contributed by atoms with Crippen LogP contribution in [-0.4, -0.2) is 36.7 Å². The number of ketones is 1. The molecule has 31 heavy (non-hydrogen) atoms. The second-order valence-electron chi connectivity index (χ2n) is 6.83. The van der Waals surface area contributed by atoms with E-state index in [1.165, 1.54) is 6.92 Å². The van der Waals surface area contributed by atoms with Gasteiger partial charge >= 0.3 is 6.18 Å². The number of carbonyl (C=O) groups is 1. The number of imidazole rings is 1. The minimum absolute atomic E-state index is 0.00599. The number of carbonyl (C=O) groups excluding carboxylic acids is 1. The van der Waals surface area contributed by atoms with Crippen molar-refractivity contribution in [3.05, 3.63) is 72.2 Å². The zero-order valence-electron chi connectivity index (χ0n) is 16.3. The molecule has 0 aromatic carbocycles. The second-order valence-corrected chi connectivity index (χ2v) is 6.83. The van der Waals surface area contributed by atoms with Gasteiger partial charge in [0.2, 0.25) is 5.88 Å². The summed E-state index contributed by atoms with van der Waals surface area (Å²) in [6.07, 6.45) is 4.70. The molecule has 4 aromatic rings. The summed E-state index contributed by atoms with van der Waals surface area (Å²) in [6.45, 7) is 0.994. The zero-order chi connectivity index (χ0) is 22.0. The molecule has 0 aliphatic rings. The molecular formula is C21H16F3N5O2. The van der Waals surface area contributed by atoms with E-state index in [2.05, 4.69) is 19.9 Å². The van der Waals surface area contributed by atoms with Crippen LogP contribution in [0.25, 0.3) is 16.9 Å². The van der Waals surface area contributed by atoms with Crippen LogP contribution in [0.5, 0.6) is 5.88 Å². The minimum Gasteiger partial charge on any atom is -0.470 e. The van der Waals surface area contributed by atoms with Crippen molar-refractivity contribution in [2.24, 2.45) is 0 Å². The number of alkyl halides is 3. The molecular weight excluding hydrogens is 411 g/mol. The quantitative estimate of drug-likeness (QED) is 0.467. The van der Waals surface area contributed by atoms with Crippen molar-refractivity contribution in [3.8, 4) is 17.1 Å². The molecule has 0 spiro atoms. The van der Waals surface area contributed by atoms with Crippen LogP contribution >= 0.6 is 0 Å². The normalized spacial score (nSPS) is 11.6. The molecule has 0 unspecified atom stereocenters. The van der Waals surface area contributed by atoms with Crippen molar-refractivity contribution >= 4 is 11.4 Å². The molecule has 7 nitrogen and oxygen atoms in total. The summed E-state index contributed by atoms with van der Waals surface area (Å²) in [5.74, 6) is -0.190. The maximum Gasteiger partial charge on any atom is 0.416 e. The number of hydrogen-bond acceptors (Lipinski definition) is 6. The first-order valence-corrected chi connectivity index (χ1v) is 9.22. The fourth-order valence-electron chi connectivity index (χ4n) is 3.05. The van der Waals surface area contributed by atoms with E-state index in [4.69, 9.17) is 4.74 Å². The standard InChI is InChI=1S/C21H16F3N5O2/c1-13-8-26-15(7-17(13)21(22,23)24)6-16(30)12-31-20-3-2-14(9-28-20)18-10-27-19-11-25-4-5-29(18)19/h2-5,7-11H,6,12H2,1H3. The van der Waals surface area contributed by atoms with Gasteiger partial charge in [0.1, 0.15) is 6.61 Å². The Hall–Kier alpha value is -3.82. The van der Waals surface area contributed by atoms with Gasteiger partial charge in [-0.2, -0.15) is 13.2 Å². The number of aromatic nitrogens is 5. The van der Waals surface area contributed by atoms with Crippen LogP contribution in [0.1, 0.15) is 16.8 Å². The summed E-state index contributed by atoms with van der Waals surface area (Å²) >= 11 is 0. The van der Waals surface area contributed by atoms with E-state index in [1.807, 2.05) is 4.40 Å². The van der Waals surface area contributed by atoms with Gasteiger partial charge in [-0.25, -0.2) is 9.97 Å². The fourth-order valence-corrected chi connectivity index (χ4v) is 3.05. The zero-order valence-corrected chi connectivity index (χ0v) is 16.3. The number of ether oxygens (including phenoxy) is 1. The van der Waals surface area contributed by atoms with Crippen molar-refractivity contribution in [2.45, 2.75) is 19.5 Å². The Kier molecular flexibility index (Phi) is 5.37. The fraction of sp³-hybridized carbons (Fsp3) is 0.190. The molecule has 158 valence electrons. The van der Waals surface area contributed by atoms with E-state index in [0.29, 0.717) is 5.65 Å². The number of pyridine rings is 2. The third kappa shape index (κ3) is 4.52. The Morgan fingerprint density at radius 1 is 1.10 bits per heavy atom. The summed E-state index contributed by atoms with van der Waals surface area (Å²) in [6, 6.07) is 4.27. The summed E-state index contributed by atoms with van der Waals surface area (Å²) in [7, 11) is 0. The van der Waals surface area contributed by atoms with Gasteiger partial charge in [-0.3, -0.25) is 19.2 Å². The van der Waals surface area contributed by atoms with Gasteiger partial charge in [-0.1, -0.05) is 0 Å². The number of fused-ring (bicyclic) bond motifs is 1. The van der Waals surface area contributed by atoms with Gasteiger partial charge in [-0.15, -0.1) is 0 Å². The van der Waals surface area contributed by atoms with Gasteiger partial charge in [0, 0.05) is 42.1 Å². The lowest BCUT2D eigenvalue weighted by Crippen LogP contribution is -2.16. The first kappa shape index (κ1) is 20.5. The van der Waals surface area contributed by atoms with Crippen LogP contribution in [0.4, 0.5) is 13.2 Å². The first-order chi connectivity index (χ1) is 14.8. The minimum atomic E-state index is -4.50. The highest BCUT2D eigenvalue weighted by molar-refractivity contribution is 5.82. The Morgan fingerprint density at radius 2 is 1.94 bits per heavy atom. The predicted molar refractivity (Wildman–Crippen MR) is 104 cm³/mol. The van der Waals surface area contributed by atoms with Crippen LogP contribution in [0.3, 0.4) is 0 Å². The van der Waals surface area contributed by atoms with Crippen molar-refractivity contribution < 1.29 is 22.7 Å². The molecule has 0 aliphatic carbocycles. The molecule has 0 amide bonds. The molecule has 0 bridgehead atoms. The van der Waals surface area contributed by atoms with Crippen molar-refractivity contribution in [2.75, 3.05) is 6.61 Å². The van der Waals surface area contributed by atoms with Gasteiger partial charge in [0.25, 0.3) is 0 Å². The van der Waals surface area contributed by atoms with E-state index in [0.717, 1.165) is 23.5 Å². The van der Waals surface area contributed by atoms with Crippen LogP contribution < -0.4 is 4.74 Å². The summed E-state index contributed by atoms with van der Waals surface area (Å²) < 4.78 is 46.2. The molecule has 0 fully saturated rings. The SMILES string of the molecule is Cc1cnc(CC(=O)COc2ccc(-c3cnc4cnccn34)cn2)cc1C(F)(F)F. The molecule has 4 heterocycles. The molecule has 0 radical (unpaired) electrons. The van der Waals surface area contributed by atoms with Crippen LogP contribution in [0.2, 0.25) is 0 Å². The lowest BCUT2D eigenvalue weighted by Gasteiger charge is -2.11. The second kappa shape index (κ2) is 8.13. The van der Waals surface area contributed by atoms with Gasteiger partial charge in [-0.05, 0) is 24.6 Å². The number of nitrogens with zero attached hydrogens (tertiary/aromatic N) is 5. The highest BCUT2D eigenvalue weighted by atomic mass is 19.4. The summed E-state index contributed by atoms with van der Waals surface area (Å²) in [4.78, 5) is 28.5. The number of rotatable bonds is 6. The molecule has 0 saturated carbocycles. The van der Waals surface area contributed by atoms with Crippen LogP contribution in [-0.2, 0) is 17.4 Å². The Morgan fingerprint density at radius 3 is 2.68 bits per heavy atom. The number of hydrogen-bond donors (Lipinski definition) is 0. The van der Waals surface area contributed by atoms with Crippen molar-refractivity contribution in [1.82, 2.24) is 24.3 Å². The van der Waals surface area contributed by atoms with Gasteiger partial charge < -0.3 is 4.74 Å². The first-order valence-electron chi connectivity index (χ1n) is 9.22. The van der Waals surface area contributed by atoms with Crippen molar-refractivity contribution in [1.29, 1.82) is 0 Å². The molecule has 0 N–H and O–H groups in total. The molecule has 10 heteroatoms. The van der Waals surface area contributed by atoms with E-state index >= 15 is 0 Å². The maximum atomic E-state index is 13.0. The van der Waals surface area contributed by atoms with Crippen LogP contribution in [0.15, 0.2) is 55.4 Å². The van der Waals surface area contributed by atoms with E-state index in [1.54, 1.807) is 43.1 Å². The Bertz CT molecular complexity index is 1240. The third-order valence-electron chi connectivity index (χ3n) is 4.57. The number of Topliss-reactive ketones (excluding diaryl/α,β-unsaturated/α-hetero) is 1. The highest BCUT2D eigenvalue weighted by Gasteiger charge is 2.32. The topological polar surface area (TPSA) is 82.3 Å². The Balaban J connectivity index is 1.39. The highest BCUT2D eigenvalue weighted by Crippen LogP contribution is 2.31. The summed E-state index contributed by atoms with van der Waals surface area (Å²) in [5, 5.41) is 0.